The van der Waals surface area contributed by atoms with E-state index in [1.54, 1.807) is 31.3 Å². The summed E-state index contributed by atoms with van der Waals surface area (Å²) in [4.78, 5) is 4.05. The van der Waals surface area contributed by atoms with Gasteiger partial charge in [0.15, 0.2) is 5.96 Å². The molecule has 7 nitrogen and oxygen atoms in total. The average molecular weight is 443 g/mol. The number of hydrogen-bond acceptors (Lipinski definition) is 4. The molecule has 1 aromatic rings. The van der Waals surface area contributed by atoms with Crippen LogP contribution in [0.3, 0.4) is 0 Å². The Bertz CT molecular complexity index is 782. The lowest BCUT2D eigenvalue weighted by atomic mass is 10.1. The van der Waals surface area contributed by atoms with Crippen molar-refractivity contribution in [3.8, 4) is 5.75 Å². The number of nitrogens with one attached hydrogen (secondary N) is 2. The number of nitrogens with zero attached hydrogens (tertiary/aromatic N) is 2. The fraction of sp³-hybridized carbons (Fsp3) is 0.562. The molecule has 12 heteroatoms. The van der Waals surface area contributed by atoms with Crippen molar-refractivity contribution in [1.82, 2.24) is 14.9 Å². The molecule has 1 aliphatic heterocycles. The van der Waals surface area contributed by atoms with Gasteiger partial charge in [0.1, 0.15) is 12.4 Å². The van der Waals surface area contributed by atoms with Crippen molar-refractivity contribution >= 4 is 27.6 Å². The van der Waals surface area contributed by atoms with E-state index < -0.39 is 15.5 Å². The van der Waals surface area contributed by atoms with Gasteiger partial charge in [-0.1, -0.05) is 17.7 Å². The Hall–Kier alpha value is -1.72. The van der Waals surface area contributed by atoms with E-state index in [4.69, 9.17) is 16.3 Å². The number of aliphatic imine (C=N–C) groups is 1. The van der Waals surface area contributed by atoms with Gasteiger partial charge in [-0.2, -0.15) is 17.5 Å². The fourth-order valence-corrected chi connectivity index (χ4v) is 3.83. The van der Waals surface area contributed by atoms with Crippen LogP contribution >= 0.6 is 11.6 Å². The molecule has 2 rings (SSSR count). The van der Waals surface area contributed by atoms with Crippen LogP contribution in [0.2, 0.25) is 5.02 Å². The first kappa shape index (κ1) is 22.6. The maximum atomic E-state index is 12.6. The second-order valence-electron chi connectivity index (χ2n) is 6.07. The van der Waals surface area contributed by atoms with E-state index in [1.165, 1.54) is 0 Å². The molecule has 0 radical (unpaired) electrons. The topological polar surface area (TPSA) is 83.0 Å². The summed E-state index contributed by atoms with van der Waals surface area (Å²) in [7, 11) is -3.70. The molecule has 0 spiro atoms. The van der Waals surface area contributed by atoms with Gasteiger partial charge in [-0.05, 0) is 31.0 Å². The van der Waals surface area contributed by atoms with Crippen molar-refractivity contribution in [2.45, 2.75) is 24.4 Å². The number of halogens is 4. The summed E-state index contributed by atoms with van der Waals surface area (Å²) in [6.07, 6.45) is 0.490. The zero-order chi connectivity index (χ0) is 20.8. The third-order valence-electron chi connectivity index (χ3n) is 4.11. The lowest BCUT2D eigenvalue weighted by Gasteiger charge is -2.32. The van der Waals surface area contributed by atoms with E-state index in [1.807, 2.05) is 0 Å². The molecular weight excluding hydrogens is 421 g/mol. The van der Waals surface area contributed by atoms with Crippen molar-refractivity contribution < 1.29 is 26.3 Å². The minimum Gasteiger partial charge on any atom is -0.492 e. The van der Waals surface area contributed by atoms with Crippen molar-refractivity contribution in [2.75, 3.05) is 33.3 Å². The highest BCUT2D eigenvalue weighted by Gasteiger charge is 2.50. The van der Waals surface area contributed by atoms with Crippen molar-refractivity contribution in [3.63, 3.8) is 0 Å². The smallest absolute Gasteiger partial charge is 0.492 e. The summed E-state index contributed by atoms with van der Waals surface area (Å²) < 4.78 is 66.7. The minimum absolute atomic E-state index is 0.181. The van der Waals surface area contributed by atoms with E-state index >= 15 is 0 Å². The van der Waals surface area contributed by atoms with Gasteiger partial charge in [0.05, 0.1) is 6.54 Å². The molecule has 158 valence electrons. The minimum atomic E-state index is -5.27. The van der Waals surface area contributed by atoms with Crippen molar-refractivity contribution in [3.05, 3.63) is 29.3 Å². The van der Waals surface area contributed by atoms with Crippen LogP contribution in [0.4, 0.5) is 13.2 Å². The largest absolute Gasteiger partial charge is 0.511 e. The van der Waals surface area contributed by atoms with Gasteiger partial charge in [0, 0.05) is 31.2 Å². The van der Waals surface area contributed by atoms with Crippen LogP contribution in [0.1, 0.15) is 12.8 Å². The van der Waals surface area contributed by atoms with Crippen LogP contribution in [0, 0.1) is 0 Å². The third kappa shape index (κ3) is 6.14. The van der Waals surface area contributed by atoms with Gasteiger partial charge in [0.25, 0.3) is 0 Å². The first-order valence-corrected chi connectivity index (χ1v) is 10.4. The normalized spacial score (nSPS) is 17.4. The van der Waals surface area contributed by atoms with Gasteiger partial charge in [-0.3, -0.25) is 4.99 Å². The lowest BCUT2D eigenvalue weighted by Crippen LogP contribution is -2.52. The predicted octanol–water partition coefficient (Wildman–Crippen LogP) is 2.20. The Morgan fingerprint density at radius 1 is 1.36 bits per heavy atom. The highest BCUT2D eigenvalue weighted by atomic mass is 35.5. The molecule has 0 aliphatic carbocycles. The van der Waals surface area contributed by atoms with Crippen molar-refractivity contribution in [1.29, 1.82) is 0 Å². The molecule has 0 aromatic heterocycles. The fourth-order valence-electron chi connectivity index (χ4n) is 2.67. The quantitative estimate of drug-likeness (QED) is 0.401. The van der Waals surface area contributed by atoms with Gasteiger partial charge in [-0.15, -0.1) is 0 Å². The number of piperidine rings is 1. The maximum Gasteiger partial charge on any atom is 0.511 e. The Morgan fingerprint density at radius 2 is 2.04 bits per heavy atom. The van der Waals surface area contributed by atoms with Gasteiger partial charge < -0.3 is 15.4 Å². The zero-order valence-electron chi connectivity index (χ0n) is 15.2. The molecule has 1 heterocycles. The molecule has 0 amide bonds. The number of alkyl halides is 3. The number of ether oxygens (including phenoxy) is 1. The van der Waals surface area contributed by atoms with Gasteiger partial charge in [0.2, 0.25) is 0 Å². The van der Waals surface area contributed by atoms with Crippen LogP contribution < -0.4 is 15.4 Å². The molecule has 0 bridgehead atoms. The number of benzene rings is 1. The molecule has 28 heavy (non-hydrogen) atoms. The van der Waals surface area contributed by atoms with E-state index in [0.717, 1.165) is 0 Å². The first-order chi connectivity index (χ1) is 13.1. The van der Waals surface area contributed by atoms with E-state index in [0.29, 0.717) is 34.2 Å². The Kier molecular flexibility index (Phi) is 7.79. The molecule has 0 unspecified atom stereocenters. The molecule has 1 saturated heterocycles. The summed E-state index contributed by atoms with van der Waals surface area (Å²) in [5, 5.41) is 6.69. The maximum absolute atomic E-state index is 12.6. The van der Waals surface area contributed by atoms with Crippen LogP contribution in [-0.4, -0.2) is 63.5 Å². The Morgan fingerprint density at radius 3 is 2.61 bits per heavy atom. The zero-order valence-corrected chi connectivity index (χ0v) is 16.7. The molecule has 1 fully saturated rings. The monoisotopic (exact) mass is 442 g/mol. The average Bonchev–Trinajstić information content (AvgIpc) is 2.63. The van der Waals surface area contributed by atoms with Crippen LogP contribution in [0.15, 0.2) is 29.3 Å². The van der Waals surface area contributed by atoms with E-state index in [9.17, 15) is 21.6 Å². The molecule has 0 saturated carbocycles. The molecule has 1 aromatic carbocycles. The number of hydrogen-bond donors (Lipinski definition) is 2. The summed E-state index contributed by atoms with van der Waals surface area (Å²) in [6.45, 7) is 0.388. The lowest BCUT2D eigenvalue weighted by molar-refractivity contribution is -0.0494. The highest BCUT2D eigenvalue weighted by Crippen LogP contribution is 2.28. The molecule has 2 N–H and O–H groups in total. The third-order valence-corrected chi connectivity index (χ3v) is 5.98. The Balaban J connectivity index is 1.74. The number of rotatable bonds is 6. The molecule has 0 atom stereocenters. The van der Waals surface area contributed by atoms with Gasteiger partial charge >= 0.3 is 15.5 Å². The van der Waals surface area contributed by atoms with Crippen molar-refractivity contribution in [2.24, 2.45) is 4.99 Å². The van der Waals surface area contributed by atoms with Crippen LogP contribution in [0.25, 0.3) is 0 Å². The van der Waals surface area contributed by atoms with E-state index in [-0.39, 0.29) is 32.0 Å². The standard InChI is InChI=1S/C16H22ClF3N4O3S/c1-21-15(22-7-10-27-14-4-2-3-12(17)11-14)23-13-5-8-24(9-6-13)28(25,26)16(18,19)20/h2-4,11,13H,5-10H2,1H3,(H2,21,22,23). The molecule has 1 aliphatic rings. The second-order valence-corrected chi connectivity index (χ2v) is 8.44. The predicted molar refractivity (Wildman–Crippen MR) is 101 cm³/mol. The van der Waals surface area contributed by atoms with Crippen LogP contribution in [0.5, 0.6) is 5.75 Å². The second kappa shape index (κ2) is 9.66. The number of sulfonamides is 1. The van der Waals surface area contributed by atoms with E-state index in [2.05, 4.69) is 15.6 Å². The SMILES string of the molecule is CN=C(NCCOc1cccc(Cl)c1)NC1CCN(S(=O)(=O)C(F)(F)F)CC1. The molecular formula is C16H22ClF3N4O3S. The summed E-state index contributed by atoms with van der Waals surface area (Å²) >= 11 is 5.87. The van der Waals surface area contributed by atoms with Gasteiger partial charge in [-0.25, -0.2) is 8.42 Å². The highest BCUT2D eigenvalue weighted by molar-refractivity contribution is 7.90. The van der Waals surface area contributed by atoms with Crippen LogP contribution in [-0.2, 0) is 10.0 Å². The number of guanidine groups is 1. The first-order valence-electron chi connectivity index (χ1n) is 8.55. The summed E-state index contributed by atoms with van der Waals surface area (Å²) in [5.74, 6) is 1.10. The summed E-state index contributed by atoms with van der Waals surface area (Å²) in [6, 6.07) is 6.81. The Labute approximate surface area is 167 Å². The summed E-state index contributed by atoms with van der Waals surface area (Å²) in [5.41, 5.74) is -5.27.